The van der Waals surface area contributed by atoms with Crippen LogP contribution in [0.25, 0.3) is 0 Å². The molecule has 0 bridgehead atoms. The third kappa shape index (κ3) is 4.32. The molecule has 76 valence electrons. The Balaban J connectivity index is 4.56. The molecule has 3 heteroatoms. The van der Waals surface area contributed by atoms with E-state index >= 15 is 0 Å². The van der Waals surface area contributed by atoms with E-state index in [9.17, 15) is 0 Å². The Morgan fingerprint density at radius 2 is 2.00 bits per heavy atom. The summed E-state index contributed by atoms with van der Waals surface area (Å²) < 4.78 is 0. The quantitative estimate of drug-likeness (QED) is 0.424. The third-order valence-corrected chi connectivity index (χ3v) is 2.63. The van der Waals surface area contributed by atoms with Gasteiger partial charge in [-0.15, -0.1) is 0 Å². The zero-order valence-corrected chi connectivity index (χ0v) is 9.65. The number of nitrogens with zero attached hydrogens (tertiary/aromatic N) is 1. The Hall–Kier alpha value is -0.500. The highest BCUT2D eigenvalue weighted by Gasteiger charge is 2.04. The van der Waals surface area contributed by atoms with E-state index in [0.717, 1.165) is 18.4 Å². The van der Waals surface area contributed by atoms with Gasteiger partial charge in [-0.3, -0.25) is 0 Å². The summed E-state index contributed by atoms with van der Waals surface area (Å²) in [6, 6.07) is 0. The summed E-state index contributed by atoms with van der Waals surface area (Å²) in [5, 5.41) is 0.542. The third-order valence-electron chi connectivity index (χ3n) is 2.23. The molecular formula is C10H19ClN2. The van der Waals surface area contributed by atoms with Crippen molar-refractivity contribution < 1.29 is 0 Å². The van der Waals surface area contributed by atoms with Gasteiger partial charge in [-0.05, 0) is 25.3 Å². The lowest BCUT2D eigenvalue weighted by molar-refractivity contribution is 0.732. The molecule has 0 saturated carbocycles. The first kappa shape index (κ1) is 12.5. The molecule has 2 nitrogen and oxygen atoms in total. The molecule has 0 amide bonds. The Labute approximate surface area is 85.9 Å². The van der Waals surface area contributed by atoms with Crippen molar-refractivity contribution in [3.8, 4) is 0 Å². The Morgan fingerprint density at radius 1 is 1.46 bits per heavy atom. The summed E-state index contributed by atoms with van der Waals surface area (Å²) in [4.78, 5) is 4.16. The number of halogens is 1. The summed E-state index contributed by atoms with van der Waals surface area (Å²) in [5.74, 6) is 0.929. The van der Waals surface area contributed by atoms with Gasteiger partial charge >= 0.3 is 0 Å². The van der Waals surface area contributed by atoms with Crippen LogP contribution in [0, 0.1) is 5.92 Å². The van der Waals surface area contributed by atoms with E-state index in [0.29, 0.717) is 16.9 Å². The van der Waals surface area contributed by atoms with E-state index in [4.69, 9.17) is 17.3 Å². The largest absolute Gasteiger partial charge is 0.387 e. The van der Waals surface area contributed by atoms with Crippen LogP contribution in [0.5, 0.6) is 0 Å². The molecule has 0 fully saturated rings. The monoisotopic (exact) mass is 202 g/mol. The van der Waals surface area contributed by atoms with Crippen molar-refractivity contribution in [1.82, 2.24) is 0 Å². The van der Waals surface area contributed by atoms with Gasteiger partial charge in [0.25, 0.3) is 0 Å². The summed E-state index contributed by atoms with van der Waals surface area (Å²) in [5.41, 5.74) is 6.83. The predicted octanol–water partition coefficient (Wildman–Crippen LogP) is 3.27. The lowest BCUT2D eigenvalue weighted by Gasteiger charge is -2.07. The number of rotatable bonds is 4. The molecule has 0 saturated heterocycles. The van der Waals surface area contributed by atoms with E-state index < -0.39 is 0 Å². The van der Waals surface area contributed by atoms with Crippen LogP contribution in [-0.2, 0) is 0 Å². The van der Waals surface area contributed by atoms with E-state index in [1.54, 1.807) is 0 Å². The van der Waals surface area contributed by atoms with Gasteiger partial charge in [0.2, 0.25) is 0 Å². The molecule has 0 aromatic carbocycles. The summed E-state index contributed by atoms with van der Waals surface area (Å²) in [7, 11) is 0. The van der Waals surface area contributed by atoms with Gasteiger partial charge in [-0.2, -0.15) is 0 Å². The second-order valence-corrected chi connectivity index (χ2v) is 3.63. The van der Waals surface area contributed by atoms with E-state index in [2.05, 4.69) is 11.9 Å². The molecule has 0 aromatic heterocycles. The van der Waals surface area contributed by atoms with Crippen LogP contribution in [0.3, 0.4) is 0 Å². The number of aliphatic imine (C=N–C) groups is 1. The Morgan fingerprint density at radius 3 is 2.38 bits per heavy atom. The molecule has 0 aliphatic rings. The fourth-order valence-corrected chi connectivity index (χ4v) is 0.905. The van der Waals surface area contributed by atoms with Crippen LogP contribution in [-0.4, -0.2) is 5.84 Å². The van der Waals surface area contributed by atoms with Gasteiger partial charge in [-0.1, -0.05) is 32.4 Å². The molecule has 2 N–H and O–H groups in total. The maximum absolute atomic E-state index is 5.94. The molecule has 0 aromatic rings. The van der Waals surface area contributed by atoms with Crippen molar-refractivity contribution in [1.29, 1.82) is 0 Å². The van der Waals surface area contributed by atoms with Crippen LogP contribution in [0.2, 0.25) is 0 Å². The lowest BCUT2D eigenvalue weighted by Crippen LogP contribution is -2.20. The first-order valence-corrected chi connectivity index (χ1v) is 5.09. The maximum Gasteiger partial charge on any atom is 0.130 e. The van der Waals surface area contributed by atoms with Crippen molar-refractivity contribution in [2.75, 3.05) is 0 Å². The molecule has 1 unspecified atom stereocenters. The molecule has 0 aliphatic carbocycles. The minimum Gasteiger partial charge on any atom is -0.387 e. The Kier molecular flexibility index (Phi) is 5.80. The number of hydrogen-bond donors (Lipinski definition) is 1. The van der Waals surface area contributed by atoms with Crippen molar-refractivity contribution in [3.05, 3.63) is 10.7 Å². The normalized spacial score (nSPS) is 16.8. The zero-order valence-electron chi connectivity index (χ0n) is 8.89. The average molecular weight is 203 g/mol. The minimum absolute atomic E-state index is 0.304. The number of hydrogen-bond acceptors (Lipinski definition) is 1. The highest BCUT2D eigenvalue weighted by atomic mass is 35.5. The molecule has 0 spiro atoms. The standard InChI is InChI=1S/C10H19ClN2/c1-5-7(3)9(11)13-10(12)8(4)6-2/h8H,5-6H2,1-4H3,(H2,12,13)/b9-7-. The second kappa shape index (κ2) is 6.03. The maximum atomic E-state index is 5.94. The van der Waals surface area contributed by atoms with E-state index in [1.165, 1.54) is 0 Å². The fraction of sp³-hybridized carbons (Fsp3) is 0.700. The zero-order chi connectivity index (χ0) is 10.4. The topological polar surface area (TPSA) is 38.4 Å². The average Bonchev–Trinajstić information content (AvgIpc) is 2.14. The van der Waals surface area contributed by atoms with Crippen LogP contribution in [0.4, 0.5) is 0 Å². The summed E-state index contributed by atoms with van der Waals surface area (Å²) in [6.07, 6.45) is 1.90. The van der Waals surface area contributed by atoms with Gasteiger partial charge in [0.05, 0.1) is 0 Å². The van der Waals surface area contributed by atoms with Crippen LogP contribution >= 0.6 is 11.6 Å². The second-order valence-electron chi connectivity index (χ2n) is 3.27. The van der Waals surface area contributed by atoms with Gasteiger partial charge in [0.15, 0.2) is 0 Å². The predicted molar refractivity (Wildman–Crippen MR) is 59.9 cm³/mol. The summed E-state index contributed by atoms with van der Waals surface area (Å²) >= 11 is 5.94. The molecule has 0 aliphatic heterocycles. The van der Waals surface area contributed by atoms with Crippen LogP contribution in [0.1, 0.15) is 40.5 Å². The lowest BCUT2D eigenvalue weighted by atomic mass is 10.1. The first-order chi connectivity index (χ1) is 6.02. The number of allylic oxidation sites excluding steroid dienone is 1. The number of amidine groups is 1. The summed E-state index contributed by atoms with van der Waals surface area (Å²) in [6.45, 7) is 8.14. The van der Waals surface area contributed by atoms with Crippen molar-refractivity contribution in [2.45, 2.75) is 40.5 Å². The molecule has 0 heterocycles. The minimum atomic E-state index is 0.304. The van der Waals surface area contributed by atoms with Crippen molar-refractivity contribution in [2.24, 2.45) is 16.6 Å². The van der Waals surface area contributed by atoms with Gasteiger partial charge in [0, 0.05) is 5.92 Å². The molecule has 0 rings (SSSR count). The number of nitrogens with two attached hydrogens (primary N) is 1. The van der Waals surface area contributed by atoms with Crippen molar-refractivity contribution >= 4 is 17.4 Å². The Bertz CT molecular complexity index is 219. The van der Waals surface area contributed by atoms with Crippen molar-refractivity contribution in [3.63, 3.8) is 0 Å². The van der Waals surface area contributed by atoms with Crippen LogP contribution < -0.4 is 5.73 Å². The highest BCUT2D eigenvalue weighted by Crippen LogP contribution is 2.14. The van der Waals surface area contributed by atoms with Gasteiger partial charge < -0.3 is 5.73 Å². The van der Waals surface area contributed by atoms with E-state index in [1.807, 2.05) is 20.8 Å². The van der Waals surface area contributed by atoms with Crippen LogP contribution in [0.15, 0.2) is 15.7 Å². The molecule has 13 heavy (non-hydrogen) atoms. The SMILES string of the molecule is CC/C(C)=C(Cl)\N=C(\N)C(C)CC. The molecule has 0 radical (unpaired) electrons. The van der Waals surface area contributed by atoms with Gasteiger partial charge in [0.1, 0.15) is 11.0 Å². The smallest absolute Gasteiger partial charge is 0.130 e. The van der Waals surface area contributed by atoms with E-state index in [-0.39, 0.29) is 0 Å². The fourth-order valence-electron chi connectivity index (χ4n) is 0.674. The first-order valence-electron chi connectivity index (χ1n) is 4.72. The molecule has 1 atom stereocenters. The highest BCUT2D eigenvalue weighted by molar-refractivity contribution is 6.30. The van der Waals surface area contributed by atoms with Gasteiger partial charge in [-0.25, -0.2) is 4.99 Å². The molecular weight excluding hydrogens is 184 g/mol.